The molecule has 0 amide bonds. The van der Waals surface area contributed by atoms with E-state index in [-0.39, 0.29) is 0 Å². The molecule has 0 radical (unpaired) electrons. The summed E-state index contributed by atoms with van der Waals surface area (Å²) in [5.74, 6) is 0.963. The Balaban J connectivity index is 2.10. The van der Waals surface area contributed by atoms with Crippen LogP contribution in [0.4, 0.5) is 0 Å². The molecule has 5 atom stereocenters. The predicted octanol–water partition coefficient (Wildman–Crippen LogP) is 3.81. The maximum atomic E-state index is 3.78. The van der Waals surface area contributed by atoms with Gasteiger partial charge in [0, 0.05) is 24.2 Å². The van der Waals surface area contributed by atoms with Gasteiger partial charge in [0.25, 0.3) is 0 Å². The molecule has 0 aromatic rings. The van der Waals surface area contributed by atoms with Crippen molar-refractivity contribution >= 4 is 0 Å². The first-order chi connectivity index (χ1) is 9.21. The maximum Gasteiger partial charge on any atom is 0.0257 e. The molecule has 2 heteroatoms. The molecule has 0 spiro atoms. The van der Waals surface area contributed by atoms with Gasteiger partial charge in [-0.15, -0.1) is 0 Å². The molecule has 1 aliphatic carbocycles. The molecule has 0 bridgehead atoms. The molecule has 0 aromatic heterocycles. The second kappa shape index (κ2) is 7.08. The molecule has 2 fully saturated rings. The van der Waals surface area contributed by atoms with E-state index in [1.165, 1.54) is 44.9 Å². The number of nitrogens with zero attached hydrogens (tertiary/aromatic N) is 1. The van der Waals surface area contributed by atoms with Crippen LogP contribution in [-0.4, -0.2) is 35.6 Å². The highest BCUT2D eigenvalue weighted by atomic mass is 15.3. The van der Waals surface area contributed by atoms with Gasteiger partial charge < -0.3 is 5.32 Å². The molecular weight excluding hydrogens is 232 g/mol. The lowest BCUT2D eigenvalue weighted by molar-refractivity contribution is 0.0581. The average Bonchev–Trinajstić information content (AvgIpc) is 2.80. The predicted molar refractivity (Wildman–Crippen MR) is 83.5 cm³/mol. The standard InChI is InChI=1S/C17H34N2/c1-5-14-9-11-16(18-7-3)17(12-14)19-13(4)8-10-15(19)6-2/h13-18H,5-12H2,1-4H3. The molecule has 1 aliphatic heterocycles. The first-order valence-electron chi connectivity index (χ1n) is 8.71. The first-order valence-corrected chi connectivity index (χ1v) is 8.71. The van der Waals surface area contributed by atoms with E-state index in [1.807, 2.05) is 0 Å². The van der Waals surface area contributed by atoms with Crippen LogP contribution in [0.3, 0.4) is 0 Å². The van der Waals surface area contributed by atoms with E-state index in [2.05, 4.69) is 37.9 Å². The molecule has 1 saturated heterocycles. The van der Waals surface area contributed by atoms with Crippen molar-refractivity contribution in [1.29, 1.82) is 0 Å². The van der Waals surface area contributed by atoms with E-state index >= 15 is 0 Å². The van der Waals surface area contributed by atoms with Crippen molar-refractivity contribution in [3.8, 4) is 0 Å². The molecule has 2 aliphatic rings. The number of rotatable bonds is 5. The molecular formula is C17H34N2. The van der Waals surface area contributed by atoms with Crippen LogP contribution in [0.2, 0.25) is 0 Å². The normalized spacial score (nSPS) is 40.7. The smallest absolute Gasteiger partial charge is 0.0257 e. The van der Waals surface area contributed by atoms with E-state index < -0.39 is 0 Å². The Bertz CT molecular complexity index is 266. The van der Waals surface area contributed by atoms with E-state index in [4.69, 9.17) is 0 Å². The van der Waals surface area contributed by atoms with Gasteiger partial charge in [0.2, 0.25) is 0 Å². The van der Waals surface area contributed by atoms with Crippen molar-refractivity contribution in [1.82, 2.24) is 10.2 Å². The maximum absolute atomic E-state index is 3.78. The van der Waals surface area contributed by atoms with Crippen LogP contribution in [0.1, 0.15) is 72.6 Å². The van der Waals surface area contributed by atoms with Gasteiger partial charge in [-0.2, -0.15) is 0 Å². The van der Waals surface area contributed by atoms with Gasteiger partial charge >= 0.3 is 0 Å². The quantitative estimate of drug-likeness (QED) is 0.814. The minimum atomic E-state index is 0.738. The topological polar surface area (TPSA) is 15.3 Å². The monoisotopic (exact) mass is 266 g/mol. The second-order valence-electron chi connectivity index (χ2n) is 6.75. The Kier molecular flexibility index (Phi) is 5.70. The van der Waals surface area contributed by atoms with Crippen LogP contribution in [0, 0.1) is 5.92 Å². The van der Waals surface area contributed by atoms with Crippen molar-refractivity contribution in [2.75, 3.05) is 6.54 Å². The Morgan fingerprint density at radius 3 is 2.42 bits per heavy atom. The SMILES string of the molecule is CCNC1CCC(CC)CC1N1C(C)CCC1CC. The zero-order valence-electron chi connectivity index (χ0n) is 13.5. The van der Waals surface area contributed by atoms with Crippen molar-refractivity contribution in [2.45, 2.75) is 96.8 Å². The van der Waals surface area contributed by atoms with Gasteiger partial charge in [-0.25, -0.2) is 0 Å². The van der Waals surface area contributed by atoms with Crippen molar-refractivity contribution in [2.24, 2.45) is 5.92 Å². The van der Waals surface area contributed by atoms with E-state index in [0.717, 1.165) is 36.6 Å². The molecule has 112 valence electrons. The molecule has 2 rings (SSSR count). The molecule has 5 unspecified atom stereocenters. The third-order valence-corrected chi connectivity index (χ3v) is 5.67. The minimum Gasteiger partial charge on any atom is -0.313 e. The van der Waals surface area contributed by atoms with Gasteiger partial charge in [0.15, 0.2) is 0 Å². The summed E-state index contributed by atoms with van der Waals surface area (Å²) in [5.41, 5.74) is 0. The lowest BCUT2D eigenvalue weighted by Crippen LogP contribution is -2.56. The summed E-state index contributed by atoms with van der Waals surface area (Å²) < 4.78 is 0. The van der Waals surface area contributed by atoms with Crippen LogP contribution in [-0.2, 0) is 0 Å². The summed E-state index contributed by atoms with van der Waals surface area (Å²) >= 11 is 0. The average molecular weight is 266 g/mol. The number of likely N-dealkylation sites (tertiary alicyclic amines) is 1. The molecule has 1 heterocycles. The fraction of sp³-hybridized carbons (Fsp3) is 1.00. The van der Waals surface area contributed by atoms with Crippen LogP contribution < -0.4 is 5.32 Å². The Hall–Kier alpha value is -0.0800. The number of nitrogens with one attached hydrogen (secondary N) is 1. The van der Waals surface area contributed by atoms with E-state index in [1.54, 1.807) is 0 Å². The van der Waals surface area contributed by atoms with Crippen LogP contribution in [0.25, 0.3) is 0 Å². The molecule has 0 aromatic carbocycles. The Morgan fingerprint density at radius 1 is 1.00 bits per heavy atom. The van der Waals surface area contributed by atoms with Gasteiger partial charge in [0.05, 0.1) is 0 Å². The van der Waals surface area contributed by atoms with Crippen LogP contribution in [0.15, 0.2) is 0 Å². The molecule has 1 saturated carbocycles. The fourth-order valence-corrected chi connectivity index (χ4v) is 4.54. The zero-order chi connectivity index (χ0) is 13.8. The van der Waals surface area contributed by atoms with Gasteiger partial charge in [-0.3, -0.25) is 4.90 Å². The van der Waals surface area contributed by atoms with Crippen LogP contribution in [0.5, 0.6) is 0 Å². The van der Waals surface area contributed by atoms with Crippen molar-refractivity contribution in [3.63, 3.8) is 0 Å². The summed E-state index contributed by atoms with van der Waals surface area (Å²) in [7, 11) is 0. The summed E-state index contributed by atoms with van der Waals surface area (Å²) in [6.45, 7) is 10.6. The summed E-state index contributed by atoms with van der Waals surface area (Å²) in [6.07, 6.45) is 9.77. The summed E-state index contributed by atoms with van der Waals surface area (Å²) in [6, 6.07) is 3.17. The van der Waals surface area contributed by atoms with E-state index in [0.29, 0.717) is 0 Å². The Labute approximate surface area is 120 Å². The Morgan fingerprint density at radius 2 is 1.79 bits per heavy atom. The zero-order valence-corrected chi connectivity index (χ0v) is 13.5. The number of hydrogen-bond donors (Lipinski definition) is 1. The minimum absolute atomic E-state index is 0.738. The van der Waals surface area contributed by atoms with Gasteiger partial charge in [0.1, 0.15) is 0 Å². The van der Waals surface area contributed by atoms with E-state index in [9.17, 15) is 0 Å². The molecule has 19 heavy (non-hydrogen) atoms. The second-order valence-corrected chi connectivity index (χ2v) is 6.75. The fourth-order valence-electron chi connectivity index (χ4n) is 4.54. The lowest BCUT2D eigenvalue weighted by atomic mass is 9.79. The number of likely N-dealkylation sites (N-methyl/N-ethyl adjacent to an activating group) is 1. The van der Waals surface area contributed by atoms with Gasteiger partial charge in [-0.1, -0.05) is 27.2 Å². The van der Waals surface area contributed by atoms with Crippen molar-refractivity contribution in [3.05, 3.63) is 0 Å². The highest BCUT2D eigenvalue weighted by Crippen LogP contribution is 2.37. The molecule has 2 nitrogen and oxygen atoms in total. The van der Waals surface area contributed by atoms with Crippen molar-refractivity contribution < 1.29 is 0 Å². The largest absolute Gasteiger partial charge is 0.313 e. The summed E-state index contributed by atoms with van der Waals surface area (Å²) in [4.78, 5) is 2.90. The third kappa shape index (κ3) is 3.33. The highest BCUT2D eigenvalue weighted by Gasteiger charge is 2.40. The molecule has 1 N–H and O–H groups in total. The lowest BCUT2D eigenvalue weighted by Gasteiger charge is -2.45. The highest BCUT2D eigenvalue weighted by molar-refractivity contribution is 4.97. The first kappa shape index (κ1) is 15.3. The number of hydrogen-bond acceptors (Lipinski definition) is 2. The van der Waals surface area contributed by atoms with Crippen LogP contribution >= 0.6 is 0 Å². The van der Waals surface area contributed by atoms with Gasteiger partial charge in [-0.05, 0) is 57.9 Å². The summed E-state index contributed by atoms with van der Waals surface area (Å²) in [5, 5.41) is 3.78. The third-order valence-electron chi connectivity index (χ3n) is 5.67.